The van der Waals surface area contributed by atoms with Crippen molar-refractivity contribution in [1.29, 1.82) is 0 Å². The Morgan fingerprint density at radius 1 is 1.21 bits per heavy atom. The number of nitrogens with zero attached hydrogens (tertiary/aromatic N) is 1. The van der Waals surface area contributed by atoms with E-state index < -0.39 is 21.5 Å². The predicted octanol–water partition coefficient (Wildman–Crippen LogP) is 2.26. The number of aliphatic hydroxyl groups is 1. The quantitative estimate of drug-likeness (QED) is 0.611. The highest BCUT2D eigenvalue weighted by Crippen LogP contribution is 2.32. The Morgan fingerprint density at radius 2 is 1.93 bits per heavy atom. The summed E-state index contributed by atoms with van der Waals surface area (Å²) in [4.78, 5) is 13.3. The molecule has 3 rings (SSSR count). The van der Waals surface area contributed by atoms with Crippen LogP contribution in [0, 0.1) is 0 Å². The molecular weight excluding hydrogens is 400 g/mol. The maximum Gasteiger partial charge on any atom is 0.251 e. The van der Waals surface area contributed by atoms with E-state index in [1.807, 2.05) is 11.4 Å². The molecule has 1 amide bonds. The zero-order chi connectivity index (χ0) is 20.4. The number of sulfonamides is 1. The summed E-state index contributed by atoms with van der Waals surface area (Å²) < 4.78 is 30.4. The number of rotatable bonds is 7. The lowest BCUT2D eigenvalue weighted by atomic mass is 9.94. The smallest absolute Gasteiger partial charge is 0.251 e. The first kappa shape index (κ1) is 20.3. The molecule has 0 aliphatic rings. The molecule has 3 aromatic rings. The first-order chi connectivity index (χ1) is 13.2. The first-order valence-electron chi connectivity index (χ1n) is 8.35. The van der Waals surface area contributed by atoms with Gasteiger partial charge in [0.15, 0.2) is 0 Å². The second-order valence-electron chi connectivity index (χ2n) is 6.34. The molecule has 0 unspecified atom stereocenters. The average molecular weight is 421 g/mol. The van der Waals surface area contributed by atoms with Crippen molar-refractivity contribution < 1.29 is 22.7 Å². The van der Waals surface area contributed by atoms with E-state index in [1.54, 1.807) is 12.1 Å². The molecule has 0 fully saturated rings. The minimum atomic E-state index is -3.56. The molecular formula is C19H20N2O5S2. The summed E-state index contributed by atoms with van der Waals surface area (Å²) in [6.07, 6.45) is 2.90. The Balaban J connectivity index is 1.77. The van der Waals surface area contributed by atoms with Crippen LogP contribution in [0.1, 0.15) is 20.8 Å². The van der Waals surface area contributed by atoms with E-state index in [2.05, 4.69) is 5.32 Å². The largest absolute Gasteiger partial charge is 0.472 e. The summed E-state index contributed by atoms with van der Waals surface area (Å²) in [6, 6.07) is 10.9. The van der Waals surface area contributed by atoms with Crippen LogP contribution < -0.4 is 5.32 Å². The monoisotopic (exact) mass is 420 g/mol. The zero-order valence-corrected chi connectivity index (χ0v) is 17.0. The van der Waals surface area contributed by atoms with Crippen molar-refractivity contribution in [2.45, 2.75) is 10.5 Å². The van der Waals surface area contributed by atoms with Crippen LogP contribution in [-0.2, 0) is 15.6 Å². The fourth-order valence-electron chi connectivity index (χ4n) is 2.64. The molecule has 2 aromatic heterocycles. The van der Waals surface area contributed by atoms with Crippen LogP contribution in [0.15, 0.2) is 69.7 Å². The second kappa shape index (κ2) is 7.88. The van der Waals surface area contributed by atoms with E-state index in [9.17, 15) is 18.3 Å². The van der Waals surface area contributed by atoms with Gasteiger partial charge in [0, 0.05) is 30.1 Å². The van der Waals surface area contributed by atoms with Crippen molar-refractivity contribution in [2.75, 3.05) is 20.6 Å². The summed E-state index contributed by atoms with van der Waals surface area (Å²) in [6.45, 7) is -0.0658. The minimum Gasteiger partial charge on any atom is -0.472 e. The van der Waals surface area contributed by atoms with Crippen LogP contribution >= 0.6 is 11.3 Å². The van der Waals surface area contributed by atoms with Crippen LogP contribution in [0.25, 0.3) is 0 Å². The summed E-state index contributed by atoms with van der Waals surface area (Å²) >= 11 is 1.37. The van der Waals surface area contributed by atoms with Crippen molar-refractivity contribution in [3.63, 3.8) is 0 Å². The lowest BCUT2D eigenvalue weighted by Gasteiger charge is -2.26. The molecule has 0 spiro atoms. The molecule has 7 nitrogen and oxygen atoms in total. The topological polar surface area (TPSA) is 99.9 Å². The first-order valence-corrected chi connectivity index (χ1v) is 10.7. The maximum atomic E-state index is 12.5. The standard InChI is InChI=1S/C19H20N2O5S2/c1-21(2)28(24,25)16-7-5-14(6-8-16)18(22)20-13-19(23,15-9-10-26-12-15)17-4-3-11-27-17/h3-12,23H,13H2,1-2H3,(H,20,22)/t19-/m0/s1. The third-order valence-electron chi connectivity index (χ3n) is 4.33. The fourth-order valence-corrected chi connectivity index (χ4v) is 4.39. The molecule has 2 N–H and O–H groups in total. The molecule has 148 valence electrons. The predicted molar refractivity (Wildman–Crippen MR) is 106 cm³/mol. The zero-order valence-electron chi connectivity index (χ0n) is 15.3. The van der Waals surface area contributed by atoms with Crippen LogP contribution in [0.4, 0.5) is 0 Å². The number of benzene rings is 1. The molecule has 9 heteroatoms. The molecule has 0 aliphatic carbocycles. The second-order valence-corrected chi connectivity index (χ2v) is 9.44. The molecule has 0 aliphatic heterocycles. The number of hydrogen-bond acceptors (Lipinski definition) is 6. The molecule has 1 atom stereocenters. The third-order valence-corrected chi connectivity index (χ3v) is 7.18. The summed E-state index contributed by atoms with van der Waals surface area (Å²) in [5.41, 5.74) is -0.605. The SMILES string of the molecule is CN(C)S(=O)(=O)c1ccc(C(=O)NC[C@](O)(c2ccoc2)c2cccs2)cc1. The number of carbonyl (C=O) groups excluding carboxylic acids is 1. The number of thiophene rings is 1. The highest BCUT2D eigenvalue weighted by atomic mass is 32.2. The lowest BCUT2D eigenvalue weighted by molar-refractivity contribution is 0.0714. The van der Waals surface area contributed by atoms with Gasteiger partial charge in [-0.2, -0.15) is 0 Å². The number of carbonyl (C=O) groups is 1. The van der Waals surface area contributed by atoms with Gasteiger partial charge in [-0.15, -0.1) is 11.3 Å². The van der Waals surface area contributed by atoms with Gasteiger partial charge >= 0.3 is 0 Å². The van der Waals surface area contributed by atoms with Crippen LogP contribution in [0.3, 0.4) is 0 Å². The summed E-state index contributed by atoms with van der Waals surface area (Å²) in [7, 11) is -0.678. The lowest BCUT2D eigenvalue weighted by Crippen LogP contribution is -2.41. The number of nitrogens with one attached hydrogen (secondary N) is 1. The Morgan fingerprint density at radius 3 is 2.46 bits per heavy atom. The van der Waals surface area contributed by atoms with E-state index in [-0.39, 0.29) is 11.4 Å². The molecule has 0 saturated carbocycles. The summed E-state index contributed by atoms with van der Waals surface area (Å²) in [5.74, 6) is -0.424. The van der Waals surface area contributed by atoms with Crippen molar-refractivity contribution in [3.05, 3.63) is 76.4 Å². The molecule has 0 bridgehead atoms. The van der Waals surface area contributed by atoms with E-state index in [1.165, 1.54) is 62.2 Å². The average Bonchev–Trinajstić information content (AvgIpc) is 3.40. The maximum absolute atomic E-state index is 12.5. The molecule has 28 heavy (non-hydrogen) atoms. The number of amides is 1. The van der Waals surface area contributed by atoms with Gasteiger partial charge in [-0.3, -0.25) is 4.79 Å². The highest BCUT2D eigenvalue weighted by Gasteiger charge is 2.34. The Labute approximate surface area is 167 Å². The van der Waals surface area contributed by atoms with Gasteiger partial charge in [0.1, 0.15) is 5.60 Å². The van der Waals surface area contributed by atoms with Gasteiger partial charge in [-0.25, -0.2) is 12.7 Å². The Hall–Kier alpha value is -2.46. The number of furan rings is 1. The van der Waals surface area contributed by atoms with Gasteiger partial charge in [-0.1, -0.05) is 6.07 Å². The van der Waals surface area contributed by atoms with Gasteiger partial charge in [0.05, 0.1) is 24.0 Å². The van der Waals surface area contributed by atoms with Gasteiger partial charge in [0.25, 0.3) is 5.91 Å². The highest BCUT2D eigenvalue weighted by molar-refractivity contribution is 7.89. The van der Waals surface area contributed by atoms with E-state index in [0.717, 1.165) is 4.31 Å². The minimum absolute atomic E-state index is 0.0658. The van der Waals surface area contributed by atoms with Crippen molar-refractivity contribution in [1.82, 2.24) is 9.62 Å². The molecule has 2 heterocycles. The van der Waals surface area contributed by atoms with E-state index in [0.29, 0.717) is 16.0 Å². The van der Waals surface area contributed by atoms with Crippen LogP contribution in [-0.4, -0.2) is 44.4 Å². The van der Waals surface area contributed by atoms with Crippen molar-refractivity contribution in [2.24, 2.45) is 0 Å². The molecule has 0 radical (unpaired) electrons. The molecule has 0 saturated heterocycles. The van der Waals surface area contributed by atoms with Crippen molar-refractivity contribution >= 4 is 27.3 Å². The Bertz CT molecular complexity index is 990. The van der Waals surface area contributed by atoms with Crippen LogP contribution in [0.5, 0.6) is 0 Å². The van der Waals surface area contributed by atoms with E-state index >= 15 is 0 Å². The normalized spacial score (nSPS) is 14.0. The number of hydrogen-bond donors (Lipinski definition) is 2. The molecule has 1 aromatic carbocycles. The van der Waals surface area contributed by atoms with Crippen molar-refractivity contribution in [3.8, 4) is 0 Å². The van der Waals surface area contributed by atoms with Gasteiger partial charge < -0.3 is 14.8 Å². The van der Waals surface area contributed by atoms with E-state index in [4.69, 9.17) is 4.42 Å². The van der Waals surface area contributed by atoms with Crippen LogP contribution in [0.2, 0.25) is 0 Å². The fraction of sp³-hybridized carbons (Fsp3) is 0.211. The van der Waals surface area contributed by atoms with Gasteiger partial charge in [0.2, 0.25) is 10.0 Å². The Kier molecular flexibility index (Phi) is 5.71. The summed E-state index contributed by atoms with van der Waals surface area (Å²) in [5, 5.41) is 15.7. The third kappa shape index (κ3) is 3.88. The van der Waals surface area contributed by atoms with Gasteiger partial charge in [-0.05, 0) is 41.8 Å².